The SMILES string of the molecule is COCc1cc(CN2CCC(C(=O)OC)CC2)no1. The van der Waals surface area contributed by atoms with Gasteiger partial charge in [-0.2, -0.15) is 0 Å². The van der Waals surface area contributed by atoms with Crippen LogP contribution in [0.3, 0.4) is 0 Å². The highest BCUT2D eigenvalue weighted by atomic mass is 16.5. The standard InChI is InChI=1S/C13H20N2O4/c1-17-9-12-7-11(14-19-12)8-15-5-3-10(4-6-15)13(16)18-2/h7,10H,3-6,8-9H2,1-2H3. The Bertz CT molecular complexity index is 411. The van der Waals surface area contributed by atoms with Crippen molar-refractivity contribution >= 4 is 5.97 Å². The molecule has 106 valence electrons. The molecule has 0 aromatic carbocycles. The number of esters is 1. The van der Waals surface area contributed by atoms with Crippen molar-refractivity contribution in [3.63, 3.8) is 0 Å². The predicted octanol–water partition coefficient (Wildman–Crippen LogP) is 1.21. The number of likely N-dealkylation sites (tertiary alicyclic amines) is 1. The van der Waals surface area contributed by atoms with Crippen molar-refractivity contribution in [1.82, 2.24) is 10.1 Å². The van der Waals surface area contributed by atoms with E-state index in [-0.39, 0.29) is 11.9 Å². The normalized spacial score (nSPS) is 17.6. The third kappa shape index (κ3) is 3.78. The zero-order valence-electron chi connectivity index (χ0n) is 11.4. The van der Waals surface area contributed by atoms with Crippen LogP contribution in [0.25, 0.3) is 0 Å². The second-order valence-electron chi connectivity index (χ2n) is 4.79. The van der Waals surface area contributed by atoms with Crippen molar-refractivity contribution in [1.29, 1.82) is 0 Å². The Hall–Kier alpha value is -1.40. The highest BCUT2D eigenvalue weighted by molar-refractivity contribution is 5.72. The van der Waals surface area contributed by atoms with E-state index in [0.717, 1.165) is 43.9 Å². The Morgan fingerprint density at radius 1 is 1.47 bits per heavy atom. The molecule has 1 saturated heterocycles. The number of ether oxygens (including phenoxy) is 2. The third-order valence-electron chi connectivity index (χ3n) is 3.40. The summed E-state index contributed by atoms with van der Waals surface area (Å²) in [6.07, 6.45) is 1.69. The summed E-state index contributed by atoms with van der Waals surface area (Å²) in [6, 6.07) is 1.91. The number of aromatic nitrogens is 1. The molecule has 0 bridgehead atoms. The first-order valence-electron chi connectivity index (χ1n) is 6.46. The van der Waals surface area contributed by atoms with Gasteiger partial charge in [0.2, 0.25) is 0 Å². The average molecular weight is 268 g/mol. The van der Waals surface area contributed by atoms with E-state index < -0.39 is 0 Å². The molecule has 0 amide bonds. The molecule has 0 spiro atoms. The first kappa shape index (κ1) is 14.0. The topological polar surface area (TPSA) is 64.8 Å². The minimum atomic E-state index is -0.0940. The minimum Gasteiger partial charge on any atom is -0.469 e. The zero-order valence-corrected chi connectivity index (χ0v) is 11.4. The Morgan fingerprint density at radius 3 is 2.84 bits per heavy atom. The van der Waals surface area contributed by atoms with Crippen molar-refractivity contribution in [3.8, 4) is 0 Å². The van der Waals surface area contributed by atoms with Gasteiger partial charge < -0.3 is 14.0 Å². The molecule has 2 rings (SSSR count). The average Bonchev–Trinajstić information content (AvgIpc) is 2.86. The number of hydrogen-bond donors (Lipinski definition) is 0. The molecule has 19 heavy (non-hydrogen) atoms. The molecule has 0 N–H and O–H groups in total. The zero-order chi connectivity index (χ0) is 13.7. The van der Waals surface area contributed by atoms with Gasteiger partial charge in [0, 0.05) is 19.7 Å². The van der Waals surface area contributed by atoms with E-state index in [1.807, 2.05) is 6.07 Å². The van der Waals surface area contributed by atoms with Crippen LogP contribution in [-0.4, -0.2) is 43.3 Å². The lowest BCUT2D eigenvalue weighted by Gasteiger charge is -2.29. The number of rotatable bonds is 5. The van der Waals surface area contributed by atoms with Crippen LogP contribution in [0.5, 0.6) is 0 Å². The van der Waals surface area contributed by atoms with E-state index in [1.165, 1.54) is 7.11 Å². The van der Waals surface area contributed by atoms with Crippen molar-refractivity contribution in [2.45, 2.75) is 26.0 Å². The summed E-state index contributed by atoms with van der Waals surface area (Å²) < 4.78 is 14.9. The van der Waals surface area contributed by atoms with E-state index in [0.29, 0.717) is 6.61 Å². The lowest BCUT2D eigenvalue weighted by molar-refractivity contribution is -0.147. The number of methoxy groups -OCH3 is 2. The number of carbonyl (C=O) groups excluding carboxylic acids is 1. The fourth-order valence-electron chi connectivity index (χ4n) is 2.36. The molecule has 1 aromatic heterocycles. The second-order valence-corrected chi connectivity index (χ2v) is 4.79. The predicted molar refractivity (Wildman–Crippen MR) is 67.2 cm³/mol. The smallest absolute Gasteiger partial charge is 0.308 e. The van der Waals surface area contributed by atoms with Gasteiger partial charge in [0.25, 0.3) is 0 Å². The lowest BCUT2D eigenvalue weighted by atomic mass is 9.97. The second kappa shape index (κ2) is 6.68. The fourth-order valence-corrected chi connectivity index (χ4v) is 2.36. The van der Waals surface area contributed by atoms with Gasteiger partial charge in [-0.05, 0) is 25.9 Å². The summed E-state index contributed by atoms with van der Waals surface area (Å²) in [6.45, 7) is 2.96. The van der Waals surface area contributed by atoms with Crippen molar-refractivity contribution in [2.24, 2.45) is 5.92 Å². The van der Waals surface area contributed by atoms with Crippen LogP contribution in [0.4, 0.5) is 0 Å². The van der Waals surface area contributed by atoms with Crippen LogP contribution in [-0.2, 0) is 27.4 Å². The van der Waals surface area contributed by atoms with E-state index in [2.05, 4.69) is 10.1 Å². The van der Waals surface area contributed by atoms with E-state index >= 15 is 0 Å². The summed E-state index contributed by atoms with van der Waals surface area (Å²) >= 11 is 0. The molecule has 6 heteroatoms. The molecule has 6 nitrogen and oxygen atoms in total. The first-order valence-corrected chi connectivity index (χ1v) is 6.46. The molecule has 0 unspecified atom stereocenters. The van der Waals surface area contributed by atoms with Crippen LogP contribution in [0.2, 0.25) is 0 Å². The highest BCUT2D eigenvalue weighted by Gasteiger charge is 2.25. The van der Waals surface area contributed by atoms with Crippen LogP contribution >= 0.6 is 0 Å². The van der Waals surface area contributed by atoms with Crippen LogP contribution in [0.15, 0.2) is 10.6 Å². The van der Waals surface area contributed by atoms with Crippen molar-refractivity contribution in [2.75, 3.05) is 27.3 Å². The van der Waals surface area contributed by atoms with E-state index in [9.17, 15) is 4.79 Å². The molecule has 1 fully saturated rings. The van der Waals surface area contributed by atoms with E-state index in [4.69, 9.17) is 14.0 Å². The molecular formula is C13H20N2O4. The van der Waals surface area contributed by atoms with E-state index in [1.54, 1.807) is 7.11 Å². The van der Waals surface area contributed by atoms with Gasteiger partial charge in [-0.25, -0.2) is 0 Å². The number of nitrogens with zero attached hydrogens (tertiary/aromatic N) is 2. The number of piperidine rings is 1. The number of hydrogen-bond acceptors (Lipinski definition) is 6. The van der Waals surface area contributed by atoms with Crippen LogP contribution in [0, 0.1) is 5.92 Å². The van der Waals surface area contributed by atoms with Gasteiger partial charge in [0.05, 0.1) is 18.7 Å². The largest absolute Gasteiger partial charge is 0.469 e. The molecular weight excluding hydrogens is 248 g/mol. The van der Waals surface area contributed by atoms with Crippen molar-refractivity contribution < 1.29 is 18.8 Å². The van der Waals surface area contributed by atoms with Crippen LogP contribution in [0.1, 0.15) is 24.3 Å². The Labute approximate surface area is 112 Å². The summed E-state index contributed by atoms with van der Waals surface area (Å²) in [5.41, 5.74) is 0.906. The fraction of sp³-hybridized carbons (Fsp3) is 0.692. The molecule has 1 aliphatic heterocycles. The molecule has 2 heterocycles. The maximum absolute atomic E-state index is 11.4. The number of carbonyl (C=O) groups is 1. The summed E-state index contributed by atoms with van der Waals surface area (Å²) in [5, 5.41) is 4.01. The Kier molecular flexibility index (Phi) is 4.93. The van der Waals surface area contributed by atoms with Gasteiger partial charge in [-0.1, -0.05) is 5.16 Å². The molecule has 0 radical (unpaired) electrons. The van der Waals surface area contributed by atoms with Crippen LogP contribution < -0.4 is 0 Å². The molecule has 0 saturated carbocycles. The Morgan fingerprint density at radius 2 is 2.21 bits per heavy atom. The van der Waals surface area contributed by atoms with Gasteiger partial charge >= 0.3 is 5.97 Å². The molecule has 0 atom stereocenters. The monoisotopic (exact) mass is 268 g/mol. The maximum Gasteiger partial charge on any atom is 0.308 e. The quantitative estimate of drug-likeness (QED) is 0.748. The molecule has 1 aliphatic rings. The molecule has 0 aliphatic carbocycles. The van der Waals surface area contributed by atoms with Gasteiger partial charge in [-0.15, -0.1) is 0 Å². The maximum atomic E-state index is 11.4. The van der Waals surface area contributed by atoms with Gasteiger partial charge in [-0.3, -0.25) is 9.69 Å². The van der Waals surface area contributed by atoms with Crippen molar-refractivity contribution in [3.05, 3.63) is 17.5 Å². The van der Waals surface area contributed by atoms with Gasteiger partial charge in [0.1, 0.15) is 6.61 Å². The minimum absolute atomic E-state index is 0.0441. The summed E-state index contributed by atoms with van der Waals surface area (Å²) in [4.78, 5) is 13.7. The summed E-state index contributed by atoms with van der Waals surface area (Å²) in [5.74, 6) is 0.688. The summed E-state index contributed by atoms with van der Waals surface area (Å²) in [7, 11) is 3.07. The Balaban J connectivity index is 1.80. The first-order chi connectivity index (χ1) is 9.22. The molecule has 1 aromatic rings. The highest BCUT2D eigenvalue weighted by Crippen LogP contribution is 2.20. The third-order valence-corrected chi connectivity index (χ3v) is 3.40. The lowest BCUT2D eigenvalue weighted by Crippen LogP contribution is -2.36. The van der Waals surface area contributed by atoms with Gasteiger partial charge in [0.15, 0.2) is 5.76 Å².